The number of hydrogen-bond donors (Lipinski definition) is 2. The van der Waals surface area contributed by atoms with Crippen molar-refractivity contribution in [1.29, 1.82) is 0 Å². The van der Waals surface area contributed by atoms with E-state index in [4.69, 9.17) is 4.74 Å². The third-order valence-corrected chi connectivity index (χ3v) is 3.61. The molecule has 1 aromatic rings. The van der Waals surface area contributed by atoms with Gasteiger partial charge in [0.05, 0.1) is 0 Å². The number of amides is 1. The predicted molar refractivity (Wildman–Crippen MR) is 84.4 cm³/mol. The maximum atomic E-state index is 11.8. The molecule has 1 atom stereocenters. The van der Waals surface area contributed by atoms with Gasteiger partial charge in [-0.25, -0.2) is 4.79 Å². The van der Waals surface area contributed by atoms with Gasteiger partial charge in [-0.15, -0.1) is 0 Å². The Kier molecular flexibility index (Phi) is 5.23. The highest BCUT2D eigenvalue weighted by Gasteiger charge is 2.19. The monoisotopic (exact) mass is 290 g/mol. The lowest BCUT2D eigenvalue weighted by Crippen LogP contribution is -2.33. The first-order valence-corrected chi connectivity index (χ1v) is 7.71. The SMILES string of the molecule is CC(C)(C)OC(=O)NCc1ccccc1[C@H]1CCCNC1. The molecule has 2 rings (SSSR count). The van der Waals surface area contributed by atoms with Crippen LogP contribution < -0.4 is 10.6 Å². The highest BCUT2D eigenvalue weighted by molar-refractivity contribution is 5.67. The zero-order chi connectivity index (χ0) is 15.3. The highest BCUT2D eigenvalue weighted by Crippen LogP contribution is 2.26. The molecule has 21 heavy (non-hydrogen) atoms. The zero-order valence-corrected chi connectivity index (χ0v) is 13.2. The van der Waals surface area contributed by atoms with Crippen LogP contribution in [0.2, 0.25) is 0 Å². The summed E-state index contributed by atoms with van der Waals surface area (Å²) < 4.78 is 5.28. The predicted octanol–water partition coefficient (Wildman–Crippen LogP) is 3.18. The van der Waals surface area contributed by atoms with Crippen LogP contribution in [-0.4, -0.2) is 24.8 Å². The Morgan fingerprint density at radius 1 is 1.38 bits per heavy atom. The van der Waals surface area contributed by atoms with E-state index in [2.05, 4.69) is 28.8 Å². The number of alkyl carbamates (subject to hydrolysis) is 1. The molecule has 1 amide bonds. The lowest BCUT2D eigenvalue weighted by Gasteiger charge is -2.25. The maximum Gasteiger partial charge on any atom is 0.407 e. The molecule has 1 aliphatic heterocycles. The van der Waals surface area contributed by atoms with E-state index in [1.54, 1.807) is 0 Å². The molecule has 1 fully saturated rings. The molecule has 2 N–H and O–H groups in total. The quantitative estimate of drug-likeness (QED) is 0.899. The number of nitrogens with one attached hydrogen (secondary N) is 2. The van der Waals surface area contributed by atoms with Gasteiger partial charge in [-0.3, -0.25) is 0 Å². The fourth-order valence-corrected chi connectivity index (χ4v) is 2.69. The molecule has 1 aromatic carbocycles. The van der Waals surface area contributed by atoms with Gasteiger partial charge >= 0.3 is 6.09 Å². The number of benzene rings is 1. The van der Waals surface area contributed by atoms with Crippen molar-refractivity contribution in [2.45, 2.75) is 51.7 Å². The summed E-state index contributed by atoms with van der Waals surface area (Å²) >= 11 is 0. The van der Waals surface area contributed by atoms with Crippen LogP contribution in [0.4, 0.5) is 4.79 Å². The highest BCUT2D eigenvalue weighted by atomic mass is 16.6. The van der Waals surface area contributed by atoms with Crippen molar-refractivity contribution in [2.24, 2.45) is 0 Å². The fourth-order valence-electron chi connectivity index (χ4n) is 2.69. The number of piperidine rings is 1. The van der Waals surface area contributed by atoms with E-state index in [1.807, 2.05) is 26.8 Å². The standard InChI is InChI=1S/C17H26N2O2/c1-17(2,3)21-16(20)19-12-14-7-4-5-9-15(14)13-8-6-10-18-11-13/h4-5,7,9,13,18H,6,8,10-12H2,1-3H3,(H,19,20)/t13-/m0/s1. The van der Waals surface area contributed by atoms with Gasteiger partial charge in [-0.05, 0) is 57.2 Å². The van der Waals surface area contributed by atoms with Gasteiger partial charge < -0.3 is 15.4 Å². The summed E-state index contributed by atoms with van der Waals surface area (Å²) in [5.41, 5.74) is 2.05. The smallest absolute Gasteiger partial charge is 0.407 e. The number of rotatable bonds is 3. The van der Waals surface area contributed by atoms with E-state index in [-0.39, 0.29) is 6.09 Å². The van der Waals surface area contributed by atoms with Gasteiger partial charge in [0, 0.05) is 13.1 Å². The Morgan fingerprint density at radius 2 is 2.14 bits per heavy atom. The second-order valence-corrected chi connectivity index (χ2v) is 6.60. The van der Waals surface area contributed by atoms with Gasteiger partial charge in [-0.1, -0.05) is 24.3 Å². The molecule has 0 bridgehead atoms. The number of carbonyl (C=O) groups is 1. The fraction of sp³-hybridized carbons (Fsp3) is 0.588. The molecule has 0 saturated carbocycles. The molecule has 1 heterocycles. The van der Waals surface area contributed by atoms with Crippen molar-refractivity contribution in [3.63, 3.8) is 0 Å². The Hall–Kier alpha value is -1.55. The van der Waals surface area contributed by atoms with Crippen LogP contribution in [0.3, 0.4) is 0 Å². The van der Waals surface area contributed by atoms with E-state index in [0.29, 0.717) is 12.5 Å². The summed E-state index contributed by atoms with van der Waals surface area (Å²) in [6.45, 7) is 8.25. The first-order chi connectivity index (χ1) is 9.96. The largest absolute Gasteiger partial charge is 0.444 e. The first-order valence-electron chi connectivity index (χ1n) is 7.71. The average molecular weight is 290 g/mol. The van der Waals surface area contributed by atoms with Crippen LogP contribution in [0.25, 0.3) is 0 Å². The van der Waals surface area contributed by atoms with Crippen molar-refractivity contribution >= 4 is 6.09 Å². The molecule has 0 radical (unpaired) electrons. The number of carbonyl (C=O) groups excluding carboxylic acids is 1. The van der Waals surface area contributed by atoms with E-state index < -0.39 is 5.60 Å². The summed E-state index contributed by atoms with van der Waals surface area (Å²) in [6.07, 6.45) is 2.05. The summed E-state index contributed by atoms with van der Waals surface area (Å²) in [5.74, 6) is 0.537. The van der Waals surface area contributed by atoms with Crippen molar-refractivity contribution in [3.8, 4) is 0 Å². The minimum atomic E-state index is -0.461. The van der Waals surface area contributed by atoms with Gasteiger partial charge in [0.25, 0.3) is 0 Å². The molecule has 0 spiro atoms. The van der Waals surface area contributed by atoms with Crippen molar-refractivity contribution in [2.75, 3.05) is 13.1 Å². The van der Waals surface area contributed by atoms with Crippen LogP contribution in [0, 0.1) is 0 Å². The van der Waals surface area contributed by atoms with E-state index >= 15 is 0 Å². The number of ether oxygens (including phenoxy) is 1. The summed E-state index contributed by atoms with van der Waals surface area (Å²) in [6, 6.07) is 8.35. The Morgan fingerprint density at radius 3 is 2.81 bits per heavy atom. The van der Waals surface area contributed by atoms with E-state index in [0.717, 1.165) is 13.1 Å². The molecule has 1 saturated heterocycles. The van der Waals surface area contributed by atoms with E-state index in [9.17, 15) is 4.79 Å². The van der Waals surface area contributed by atoms with Crippen LogP contribution in [0.5, 0.6) is 0 Å². The second kappa shape index (κ2) is 6.94. The van der Waals surface area contributed by atoms with Crippen molar-refractivity contribution in [1.82, 2.24) is 10.6 Å². The Balaban J connectivity index is 1.98. The van der Waals surface area contributed by atoms with Gasteiger partial charge in [0.2, 0.25) is 0 Å². The molecule has 4 nitrogen and oxygen atoms in total. The minimum absolute atomic E-state index is 0.362. The normalized spacial score (nSPS) is 19.1. The van der Waals surface area contributed by atoms with Crippen LogP contribution in [0.15, 0.2) is 24.3 Å². The summed E-state index contributed by atoms with van der Waals surface area (Å²) in [4.78, 5) is 11.8. The van der Waals surface area contributed by atoms with Gasteiger partial charge in [-0.2, -0.15) is 0 Å². The zero-order valence-electron chi connectivity index (χ0n) is 13.2. The molecule has 4 heteroatoms. The first kappa shape index (κ1) is 15.8. The molecule has 0 unspecified atom stereocenters. The Labute approximate surface area is 127 Å². The molecular weight excluding hydrogens is 264 g/mol. The van der Waals surface area contributed by atoms with Gasteiger partial charge in [0.15, 0.2) is 0 Å². The third-order valence-electron chi connectivity index (χ3n) is 3.61. The van der Waals surface area contributed by atoms with Crippen LogP contribution in [-0.2, 0) is 11.3 Å². The van der Waals surface area contributed by atoms with Crippen LogP contribution >= 0.6 is 0 Å². The van der Waals surface area contributed by atoms with Crippen molar-refractivity contribution in [3.05, 3.63) is 35.4 Å². The molecule has 116 valence electrons. The maximum absolute atomic E-state index is 11.8. The molecule has 0 aromatic heterocycles. The van der Waals surface area contributed by atoms with E-state index in [1.165, 1.54) is 24.0 Å². The lowest BCUT2D eigenvalue weighted by molar-refractivity contribution is 0.0523. The molecule has 0 aliphatic carbocycles. The number of hydrogen-bond acceptors (Lipinski definition) is 3. The average Bonchev–Trinajstić information content (AvgIpc) is 2.45. The molecule has 1 aliphatic rings. The van der Waals surface area contributed by atoms with Crippen molar-refractivity contribution < 1.29 is 9.53 Å². The third kappa shape index (κ3) is 5.05. The topological polar surface area (TPSA) is 50.4 Å². The molecular formula is C17H26N2O2. The summed E-state index contributed by atoms with van der Waals surface area (Å²) in [5, 5.41) is 6.30. The van der Waals surface area contributed by atoms with Crippen LogP contribution in [0.1, 0.15) is 50.7 Å². The van der Waals surface area contributed by atoms with Gasteiger partial charge in [0.1, 0.15) is 5.60 Å². The lowest BCUT2D eigenvalue weighted by atomic mass is 9.88. The Bertz CT molecular complexity index is 474. The minimum Gasteiger partial charge on any atom is -0.444 e. The second-order valence-electron chi connectivity index (χ2n) is 6.60. The summed E-state index contributed by atoms with van der Waals surface area (Å²) in [7, 11) is 0.